The minimum Gasteiger partial charge on any atom is -0.357 e. The summed E-state index contributed by atoms with van der Waals surface area (Å²) >= 11 is 0. The minimum absolute atomic E-state index is 0.0660. The summed E-state index contributed by atoms with van der Waals surface area (Å²) in [4.78, 5) is 24.0. The molecule has 1 N–H and O–H groups in total. The second kappa shape index (κ2) is 4.06. The molecule has 0 spiro atoms. The number of rotatable bonds is 3. The quantitative estimate of drug-likeness (QED) is 0.493. The average molecular weight is 229 g/mol. The van der Waals surface area contributed by atoms with Crippen LogP contribution in [0.15, 0.2) is 18.2 Å². The molecule has 1 aromatic heterocycles. The second-order valence-corrected chi connectivity index (χ2v) is 3.46. The van der Waals surface area contributed by atoms with Crippen LogP contribution in [0.25, 0.3) is 10.9 Å². The molecule has 2 aromatic rings. The highest BCUT2D eigenvalue weighted by molar-refractivity contribution is 5.99. The van der Waals surface area contributed by atoms with E-state index in [1.165, 1.54) is 18.2 Å². The molecular weight excluding hydrogens is 222 g/mol. The van der Waals surface area contributed by atoms with Crippen molar-refractivity contribution >= 4 is 22.9 Å². The molecule has 0 amide bonds. The number of hydrogen-bond acceptors (Lipinski definition) is 4. The van der Waals surface area contributed by atoms with Gasteiger partial charge in [-0.2, -0.15) is 5.26 Å². The summed E-state index contributed by atoms with van der Waals surface area (Å²) in [5.74, 6) is 0. The van der Waals surface area contributed by atoms with E-state index in [4.69, 9.17) is 5.26 Å². The number of aromatic nitrogens is 1. The van der Waals surface area contributed by atoms with Gasteiger partial charge in [0.25, 0.3) is 5.69 Å². The van der Waals surface area contributed by atoms with Gasteiger partial charge in [0.2, 0.25) is 0 Å². The summed E-state index contributed by atoms with van der Waals surface area (Å²) in [5.41, 5.74) is 1.33. The Kier molecular flexibility index (Phi) is 2.58. The van der Waals surface area contributed by atoms with Crippen LogP contribution in [0, 0.1) is 21.4 Å². The van der Waals surface area contributed by atoms with Gasteiger partial charge < -0.3 is 4.98 Å². The third-order valence-electron chi connectivity index (χ3n) is 2.49. The molecule has 84 valence electrons. The topological polar surface area (TPSA) is 99.8 Å². The van der Waals surface area contributed by atoms with Gasteiger partial charge in [0, 0.05) is 34.3 Å². The van der Waals surface area contributed by atoms with E-state index in [9.17, 15) is 14.9 Å². The summed E-state index contributed by atoms with van der Waals surface area (Å²) in [7, 11) is 0. The fourth-order valence-electron chi connectivity index (χ4n) is 1.72. The third kappa shape index (κ3) is 1.74. The molecule has 0 aliphatic rings. The zero-order valence-corrected chi connectivity index (χ0v) is 8.64. The maximum atomic E-state index is 11.0. The van der Waals surface area contributed by atoms with Crippen LogP contribution >= 0.6 is 0 Å². The molecular formula is C11H7N3O3. The maximum absolute atomic E-state index is 11.0. The predicted molar refractivity (Wildman–Crippen MR) is 59.7 cm³/mol. The molecule has 1 heterocycles. The first-order valence-corrected chi connectivity index (χ1v) is 4.78. The standard InChI is InChI=1S/C11H7N3O3/c12-4-3-11-9(6-15)8-5-7(14(16)17)1-2-10(8)13-11/h1-2,5-6,13H,3H2. The van der Waals surface area contributed by atoms with E-state index in [1.54, 1.807) is 0 Å². The van der Waals surface area contributed by atoms with E-state index in [-0.39, 0.29) is 12.1 Å². The summed E-state index contributed by atoms with van der Waals surface area (Å²) in [6.45, 7) is 0. The van der Waals surface area contributed by atoms with Crippen LogP contribution in [0.2, 0.25) is 0 Å². The van der Waals surface area contributed by atoms with Gasteiger partial charge in [-0.3, -0.25) is 14.9 Å². The smallest absolute Gasteiger partial charge is 0.270 e. The number of nitro benzene ring substituents is 1. The Morgan fingerprint density at radius 3 is 2.88 bits per heavy atom. The highest BCUT2D eigenvalue weighted by Gasteiger charge is 2.14. The number of hydrogen-bond donors (Lipinski definition) is 1. The summed E-state index contributed by atoms with van der Waals surface area (Å²) < 4.78 is 0. The van der Waals surface area contributed by atoms with E-state index >= 15 is 0 Å². The van der Waals surface area contributed by atoms with Gasteiger partial charge in [0.15, 0.2) is 6.29 Å². The lowest BCUT2D eigenvalue weighted by molar-refractivity contribution is -0.384. The number of H-pyrrole nitrogens is 1. The molecule has 6 heteroatoms. The van der Waals surface area contributed by atoms with Crippen LogP contribution in [0.5, 0.6) is 0 Å². The fraction of sp³-hybridized carbons (Fsp3) is 0.0909. The summed E-state index contributed by atoms with van der Waals surface area (Å²) in [5, 5.41) is 19.7. The Morgan fingerprint density at radius 2 is 2.29 bits per heavy atom. The van der Waals surface area contributed by atoms with Gasteiger partial charge in [0.1, 0.15) is 0 Å². The van der Waals surface area contributed by atoms with Crippen molar-refractivity contribution in [2.45, 2.75) is 6.42 Å². The monoisotopic (exact) mass is 229 g/mol. The Balaban J connectivity index is 2.71. The van der Waals surface area contributed by atoms with Gasteiger partial charge >= 0.3 is 0 Å². The van der Waals surface area contributed by atoms with Gasteiger partial charge in [-0.1, -0.05) is 0 Å². The lowest BCUT2D eigenvalue weighted by Crippen LogP contribution is -1.89. The van der Waals surface area contributed by atoms with Crippen molar-refractivity contribution in [1.82, 2.24) is 4.98 Å². The van der Waals surface area contributed by atoms with Crippen LogP contribution in [0.3, 0.4) is 0 Å². The van der Waals surface area contributed by atoms with E-state index in [2.05, 4.69) is 4.98 Å². The molecule has 0 radical (unpaired) electrons. The van der Waals surface area contributed by atoms with Crippen LogP contribution in [-0.2, 0) is 6.42 Å². The Morgan fingerprint density at radius 1 is 1.53 bits per heavy atom. The molecule has 0 saturated heterocycles. The number of nitrogens with zero attached hydrogens (tertiary/aromatic N) is 2. The Labute approximate surface area is 95.6 Å². The van der Waals surface area contributed by atoms with Crippen molar-refractivity contribution < 1.29 is 9.72 Å². The van der Waals surface area contributed by atoms with Crippen molar-refractivity contribution in [1.29, 1.82) is 5.26 Å². The first kappa shape index (κ1) is 10.8. The zero-order valence-electron chi connectivity index (χ0n) is 8.64. The van der Waals surface area contributed by atoms with Crippen molar-refractivity contribution in [2.24, 2.45) is 0 Å². The normalized spacial score (nSPS) is 10.1. The number of carbonyl (C=O) groups excluding carboxylic acids is 1. The number of nitro groups is 1. The lowest BCUT2D eigenvalue weighted by Gasteiger charge is -1.92. The van der Waals surface area contributed by atoms with Crippen molar-refractivity contribution in [3.63, 3.8) is 0 Å². The third-order valence-corrected chi connectivity index (χ3v) is 2.49. The fourth-order valence-corrected chi connectivity index (χ4v) is 1.72. The van der Waals surface area contributed by atoms with E-state index in [0.29, 0.717) is 28.4 Å². The number of aromatic amines is 1. The van der Waals surface area contributed by atoms with Gasteiger partial charge in [-0.05, 0) is 6.07 Å². The predicted octanol–water partition coefficient (Wildman–Crippen LogP) is 1.95. The lowest BCUT2D eigenvalue weighted by atomic mass is 10.1. The zero-order chi connectivity index (χ0) is 12.4. The van der Waals surface area contributed by atoms with Crippen molar-refractivity contribution in [3.8, 4) is 6.07 Å². The largest absolute Gasteiger partial charge is 0.357 e. The molecule has 0 saturated carbocycles. The average Bonchev–Trinajstić information content (AvgIpc) is 2.65. The van der Waals surface area contributed by atoms with E-state index < -0.39 is 4.92 Å². The van der Waals surface area contributed by atoms with Crippen LogP contribution in [0.4, 0.5) is 5.69 Å². The van der Waals surface area contributed by atoms with Crippen LogP contribution in [-0.4, -0.2) is 16.2 Å². The molecule has 2 rings (SSSR count). The molecule has 6 nitrogen and oxygen atoms in total. The number of nitrogens with one attached hydrogen (secondary N) is 1. The molecule has 0 fully saturated rings. The van der Waals surface area contributed by atoms with Gasteiger partial charge in [-0.15, -0.1) is 0 Å². The summed E-state index contributed by atoms with van der Waals surface area (Å²) in [6.07, 6.45) is 0.672. The van der Waals surface area contributed by atoms with Crippen molar-refractivity contribution in [3.05, 3.63) is 39.6 Å². The van der Waals surface area contributed by atoms with Gasteiger partial charge in [-0.25, -0.2) is 0 Å². The van der Waals surface area contributed by atoms with Crippen LogP contribution < -0.4 is 0 Å². The molecule has 17 heavy (non-hydrogen) atoms. The summed E-state index contributed by atoms with van der Waals surface area (Å²) in [6, 6.07) is 6.14. The Bertz CT molecular complexity index is 652. The van der Waals surface area contributed by atoms with Gasteiger partial charge in [0.05, 0.1) is 17.4 Å². The molecule has 0 aliphatic heterocycles. The SMILES string of the molecule is N#CCc1[nH]c2ccc([N+](=O)[O-])cc2c1C=O. The van der Waals surface area contributed by atoms with Crippen LogP contribution in [0.1, 0.15) is 16.1 Å². The molecule has 0 unspecified atom stereocenters. The second-order valence-electron chi connectivity index (χ2n) is 3.46. The first-order valence-electron chi connectivity index (χ1n) is 4.78. The number of non-ortho nitro benzene ring substituents is 1. The van der Waals surface area contributed by atoms with Crippen molar-refractivity contribution in [2.75, 3.05) is 0 Å². The number of carbonyl (C=O) groups is 1. The highest BCUT2D eigenvalue weighted by Crippen LogP contribution is 2.25. The Hall–Kier alpha value is -2.68. The molecule has 0 bridgehead atoms. The van der Waals surface area contributed by atoms with E-state index in [1.807, 2.05) is 6.07 Å². The highest BCUT2D eigenvalue weighted by atomic mass is 16.6. The number of benzene rings is 1. The van der Waals surface area contributed by atoms with E-state index in [0.717, 1.165) is 0 Å². The minimum atomic E-state index is -0.523. The number of fused-ring (bicyclic) bond motifs is 1. The first-order chi connectivity index (χ1) is 8.17. The molecule has 1 aromatic carbocycles. The number of nitriles is 1. The maximum Gasteiger partial charge on any atom is 0.270 e. The molecule has 0 aliphatic carbocycles. The number of aldehydes is 1. The molecule has 0 atom stereocenters.